The van der Waals surface area contributed by atoms with Gasteiger partial charge in [0.2, 0.25) is 5.89 Å². The van der Waals surface area contributed by atoms with Gasteiger partial charge in [0.15, 0.2) is 0 Å². The zero-order valence-electron chi connectivity index (χ0n) is 9.68. The van der Waals surface area contributed by atoms with E-state index >= 15 is 0 Å². The summed E-state index contributed by atoms with van der Waals surface area (Å²) in [4.78, 5) is 0. The summed E-state index contributed by atoms with van der Waals surface area (Å²) < 4.78 is 10.6. The van der Waals surface area contributed by atoms with E-state index in [-0.39, 0.29) is 11.4 Å². The van der Waals surface area contributed by atoms with Crippen LogP contribution in [0.1, 0.15) is 30.9 Å². The van der Waals surface area contributed by atoms with Crippen LogP contribution < -0.4 is 5.32 Å². The van der Waals surface area contributed by atoms with Crippen molar-refractivity contribution >= 4 is 17.6 Å². The van der Waals surface area contributed by atoms with Crippen LogP contribution in [-0.4, -0.2) is 16.2 Å². The van der Waals surface area contributed by atoms with Gasteiger partial charge >= 0.3 is 6.01 Å². The molecule has 0 fully saturated rings. The molecular weight excluding hydrogens is 242 g/mol. The van der Waals surface area contributed by atoms with E-state index in [9.17, 15) is 0 Å². The quantitative estimate of drug-likeness (QED) is 0.832. The molecule has 92 valence electrons. The molecule has 2 heterocycles. The van der Waals surface area contributed by atoms with Gasteiger partial charge in [0, 0.05) is 12.5 Å². The highest BCUT2D eigenvalue weighted by molar-refractivity contribution is 6.20. The molecule has 0 bridgehead atoms. The van der Waals surface area contributed by atoms with Crippen LogP contribution in [0.25, 0.3) is 0 Å². The fourth-order valence-electron chi connectivity index (χ4n) is 1.45. The first-order valence-corrected chi connectivity index (χ1v) is 5.85. The van der Waals surface area contributed by atoms with E-state index in [4.69, 9.17) is 20.4 Å². The van der Waals surface area contributed by atoms with Gasteiger partial charge in [0.25, 0.3) is 0 Å². The third kappa shape index (κ3) is 3.23. The number of aromatic nitrogens is 2. The highest BCUT2D eigenvalue weighted by atomic mass is 35.5. The lowest BCUT2D eigenvalue weighted by Gasteiger charge is -2.09. The summed E-state index contributed by atoms with van der Waals surface area (Å²) in [5.74, 6) is 1.33. The zero-order valence-corrected chi connectivity index (χ0v) is 10.4. The van der Waals surface area contributed by atoms with Crippen LogP contribution >= 0.6 is 11.6 Å². The summed E-state index contributed by atoms with van der Waals surface area (Å²) >= 11 is 5.83. The average molecular weight is 256 g/mol. The summed E-state index contributed by atoms with van der Waals surface area (Å²) in [5.41, 5.74) is 0. The Kier molecular flexibility index (Phi) is 3.68. The van der Waals surface area contributed by atoms with Gasteiger partial charge in [-0.25, -0.2) is 0 Å². The molecule has 1 N–H and O–H groups in total. The molecule has 0 aromatic carbocycles. The second kappa shape index (κ2) is 5.23. The second-order valence-corrected chi connectivity index (χ2v) is 4.54. The molecule has 0 spiro atoms. The lowest BCUT2D eigenvalue weighted by atomic mass is 10.2. The molecule has 5 nitrogen and oxygen atoms in total. The van der Waals surface area contributed by atoms with E-state index < -0.39 is 0 Å². The molecule has 6 heteroatoms. The topological polar surface area (TPSA) is 64.1 Å². The smallest absolute Gasteiger partial charge is 0.315 e. The molecule has 0 aliphatic rings. The number of anilines is 1. The van der Waals surface area contributed by atoms with Crippen LogP contribution in [0.2, 0.25) is 0 Å². The maximum absolute atomic E-state index is 5.83. The average Bonchev–Trinajstić information content (AvgIpc) is 2.88. The minimum absolute atomic E-state index is 0.139. The third-order valence-electron chi connectivity index (χ3n) is 2.24. The van der Waals surface area contributed by atoms with E-state index in [0.717, 1.165) is 12.2 Å². The fourth-order valence-corrected chi connectivity index (χ4v) is 1.53. The first-order valence-electron chi connectivity index (χ1n) is 5.41. The van der Waals surface area contributed by atoms with E-state index in [0.29, 0.717) is 11.9 Å². The molecule has 2 unspecified atom stereocenters. The van der Waals surface area contributed by atoms with Crippen molar-refractivity contribution < 1.29 is 8.83 Å². The molecule has 0 saturated carbocycles. The number of alkyl halides is 1. The van der Waals surface area contributed by atoms with Gasteiger partial charge in [0.05, 0.1) is 6.26 Å². The SMILES string of the molecule is CC(Cc1ccco1)Nc1nnc(C(C)Cl)o1. The Morgan fingerprint density at radius 2 is 2.24 bits per heavy atom. The highest BCUT2D eigenvalue weighted by Crippen LogP contribution is 2.19. The molecular formula is C11H14ClN3O2. The Bertz CT molecular complexity index is 453. The lowest BCUT2D eigenvalue weighted by molar-refractivity contribution is 0.481. The number of halogens is 1. The van der Waals surface area contributed by atoms with E-state index in [1.54, 1.807) is 13.2 Å². The molecule has 0 amide bonds. The Morgan fingerprint density at radius 3 is 2.82 bits per heavy atom. The van der Waals surface area contributed by atoms with E-state index in [1.807, 2.05) is 19.1 Å². The van der Waals surface area contributed by atoms with Crippen LogP contribution in [0.4, 0.5) is 6.01 Å². The first kappa shape index (κ1) is 12.0. The van der Waals surface area contributed by atoms with Crippen molar-refractivity contribution in [2.24, 2.45) is 0 Å². The van der Waals surface area contributed by atoms with Crippen LogP contribution in [0.3, 0.4) is 0 Å². The number of nitrogens with one attached hydrogen (secondary N) is 1. The molecule has 2 atom stereocenters. The second-order valence-electron chi connectivity index (χ2n) is 3.89. The summed E-state index contributed by atoms with van der Waals surface area (Å²) in [6, 6.07) is 4.31. The van der Waals surface area contributed by atoms with Crippen LogP contribution in [0.5, 0.6) is 0 Å². The van der Waals surface area contributed by atoms with Crippen LogP contribution in [-0.2, 0) is 6.42 Å². The Labute approximate surface area is 104 Å². The van der Waals surface area contributed by atoms with E-state index in [2.05, 4.69) is 15.5 Å². The highest BCUT2D eigenvalue weighted by Gasteiger charge is 2.13. The van der Waals surface area contributed by atoms with Crippen molar-refractivity contribution in [3.05, 3.63) is 30.0 Å². The maximum Gasteiger partial charge on any atom is 0.315 e. The summed E-state index contributed by atoms with van der Waals surface area (Å²) in [5, 5.41) is 10.5. The number of nitrogens with zero attached hydrogens (tertiary/aromatic N) is 2. The third-order valence-corrected chi connectivity index (χ3v) is 2.42. The first-order chi connectivity index (χ1) is 8.15. The van der Waals surface area contributed by atoms with Gasteiger partial charge in [-0.15, -0.1) is 16.7 Å². The minimum Gasteiger partial charge on any atom is -0.469 e. The van der Waals surface area contributed by atoms with Crippen molar-refractivity contribution in [3.63, 3.8) is 0 Å². The molecule has 2 aromatic rings. The van der Waals surface area contributed by atoms with Gasteiger partial charge in [-0.2, -0.15) is 0 Å². The monoisotopic (exact) mass is 255 g/mol. The molecule has 0 aliphatic carbocycles. The molecule has 2 rings (SSSR count). The fraction of sp³-hybridized carbons (Fsp3) is 0.455. The van der Waals surface area contributed by atoms with E-state index in [1.165, 1.54) is 0 Å². The van der Waals surface area contributed by atoms with Gasteiger partial charge in [-0.05, 0) is 26.0 Å². The lowest BCUT2D eigenvalue weighted by Crippen LogP contribution is -2.17. The Hall–Kier alpha value is -1.49. The standard InChI is InChI=1S/C11H14ClN3O2/c1-7(6-9-4-3-5-16-9)13-11-15-14-10(17-11)8(2)12/h3-5,7-8H,6H2,1-2H3,(H,13,15). The van der Waals surface area contributed by atoms with Crippen LogP contribution in [0, 0.1) is 0 Å². The number of furan rings is 1. The number of hydrogen-bond donors (Lipinski definition) is 1. The molecule has 0 saturated heterocycles. The number of rotatable bonds is 5. The summed E-state index contributed by atoms with van der Waals surface area (Å²) in [7, 11) is 0. The number of hydrogen-bond acceptors (Lipinski definition) is 5. The van der Waals surface area contributed by atoms with Crippen molar-refractivity contribution in [2.45, 2.75) is 31.7 Å². The predicted molar refractivity (Wildman–Crippen MR) is 64.1 cm³/mol. The molecule has 17 heavy (non-hydrogen) atoms. The van der Waals surface area contributed by atoms with Crippen molar-refractivity contribution in [2.75, 3.05) is 5.32 Å². The van der Waals surface area contributed by atoms with Crippen LogP contribution in [0.15, 0.2) is 27.2 Å². The predicted octanol–water partition coefficient (Wildman–Crippen LogP) is 3.01. The molecule has 2 aromatic heterocycles. The zero-order chi connectivity index (χ0) is 12.3. The molecule has 0 aliphatic heterocycles. The van der Waals surface area contributed by atoms with Gasteiger partial charge in [0.1, 0.15) is 11.1 Å². The normalized spacial score (nSPS) is 14.5. The van der Waals surface area contributed by atoms with Gasteiger partial charge < -0.3 is 14.2 Å². The summed E-state index contributed by atoms with van der Waals surface area (Å²) in [6.45, 7) is 3.79. The largest absolute Gasteiger partial charge is 0.469 e. The summed E-state index contributed by atoms with van der Waals surface area (Å²) in [6.07, 6.45) is 2.41. The molecule has 0 radical (unpaired) electrons. The van der Waals surface area contributed by atoms with Gasteiger partial charge in [-0.3, -0.25) is 0 Å². The Morgan fingerprint density at radius 1 is 1.41 bits per heavy atom. The van der Waals surface area contributed by atoms with Gasteiger partial charge in [-0.1, -0.05) is 5.10 Å². The van der Waals surface area contributed by atoms with Crippen molar-refractivity contribution in [1.82, 2.24) is 10.2 Å². The Balaban J connectivity index is 1.91. The minimum atomic E-state index is -0.279. The maximum atomic E-state index is 5.83. The van der Waals surface area contributed by atoms with Crippen molar-refractivity contribution in [3.8, 4) is 0 Å². The van der Waals surface area contributed by atoms with Crippen molar-refractivity contribution in [1.29, 1.82) is 0 Å².